The van der Waals surface area contributed by atoms with Crippen LogP contribution in [0.3, 0.4) is 0 Å². The zero-order valence-electron chi connectivity index (χ0n) is 9.20. The lowest BCUT2D eigenvalue weighted by atomic mass is 10.0. The smallest absolute Gasteiger partial charge is 0.0504 e. The van der Waals surface area contributed by atoms with Crippen molar-refractivity contribution in [3.63, 3.8) is 0 Å². The Morgan fingerprint density at radius 3 is 2.29 bits per heavy atom. The van der Waals surface area contributed by atoms with E-state index in [1.807, 2.05) is 0 Å². The molecule has 0 spiro atoms. The van der Waals surface area contributed by atoms with Gasteiger partial charge in [0.15, 0.2) is 0 Å². The molecule has 2 rings (SSSR count). The Balaban J connectivity index is 2.19. The maximum Gasteiger partial charge on any atom is 0.0504 e. The zero-order valence-corrected chi connectivity index (χ0v) is 9.20. The van der Waals surface area contributed by atoms with Crippen molar-refractivity contribution in [2.24, 2.45) is 0 Å². The first kappa shape index (κ1) is 9.69. The minimum Gasteiger partial charge on any atom is -0.244 e. The average Bonchev–Trinajstić information content (AvgIpc) is 2.50. The molecule has 0 aliphatic carbocycles. The van der Waals surface area contributed by atoms with E-state index in [0.29, 0.717) is 6.04 Å². The van der Waals surface area contributed by atoms with Crippen LogP contribution in [0.4, 0.5) is 0 Å². The quantitative estimate of drug-likeness (QED) is 0.670. The number of nitrogens with zero attached hydrogens (tertiary/aromatic N) is 2. The summed E-state index contributed by atoms with van der Waals surface area (Å²) in [7, 11) is 4.31. The SMILES string of the molecule is Cc1ccc(C2CCN(C)N2C)cc1. The van der Waals surface area contributed by atoms with E-state index in [1.165, 1.54) is 17.5 Å². The molecule has 2 heteroatoms. The first-order valence-electron chi connectivity index (χ1n) is 5.19. The van der Waals surface area contributed by atoms with Crippen molar-refractivity contribution >= 4 is 0 Å². The molecule has 1 heterocycles. The second-order valence-corrected chi connectivity index (χ2v) is 4.17. The number of hydrogen-bond acceptors (Lipinski definition) is 2. The number of benzene rings is 1. The highest BCUT2D eigenvalue weighted by atomic mass is 15.6. The summed E-state index contributed by atoms with van der Waals surface area (Å²) in [5.74, 6) is 0. The molecule has 1 aromatic carbocycles. The number of aryl methyl sites for hydroxylation is 1. The van der Waals surface area contributed by atoms with E-state index in [4.69, 9.17) is 0 Å². The molecule has 0 N–H and O–H groups in total. The summed E-state index contributed by atoms with van der Waals surface area (Å²) in [5.41, 5.74) is 2.77. The van der Waals surface area contributed by atoms with Crippen molar-refractivity contribution in [1.82, 2.24) is 10.0 Å². The molecule has 1 aromatic rings. The summed E-state index contributed by atoms with van der Waals surface area (Å²) < 4.78 is 0. The van der Waals surface area contributed by atoms with Crippen LogP contribution >= 0.6 is 0 Å². The van der Waals surface area contributed by atoms with Crippen LogP contribution in [0.2, 0.25) is 0 Å². The molecule has 1 aliphatic rings. The van der Waals surface area contributed by atoms with Crippen LogP contribution in [-0.4, -0.2) is 30.7 Å². The van der Waals surface area contributed by atoms with Gasteiger partial charge in [-0.3, -0.25) is 0 Å². The fraction of sp³-hybridized carbons (Fsp3) is 0.500. The third-order valence-corrected chi connectivity index (χ3v) is 3.18. The Bertz CT molecular complexity index is 305. The van der Waals surface area contributed by atoms with E-state index in [1.54, 1.807) is 0 Å². The predicted octanol–water partition coefficient (Wildman–Crippen LogP) is 2.22. The van der Waals surface area contributed by atoms with Crippen LogP contribution in [0.15, 0.2) is 24.3 Å². The second kappa shape index (κ2) is 3.71. The van der Waals surface area contributed by atoms with Gasteiger partial charge in [-0.1, -0.05) is 29.8 Å². The summed E-state index contributed by atoms with van der Waals surface area (Å²) in [5, 5.41) is 4.61. The molecule has 76 valence electrons. The Morgan fingerprint density at radius 1 is 1.14 bits per heavy atom. The molecule has 0 aromatic heterocycles. The summed E-state index contributed by atoms with van der Waals surface area (Å²) in [6.07, 6.45) is 1.23. The zero-order chi connectivity index (χ0) is 10.1. The van der Waals surface area contributed by atoms with E-state index in [0.717, 1.165) is 6.54 Å². The highest BCUT2D eigenvalue weighted by Gasteiger charge is 2.26. The number of rotatable bonds is 1. The summed E-state index contributed by atoms with van der Waals surface area (Å²) >= 11 is 0. The number of hydrogen-bond donors (Lipinski definition) is 0. The van der Waals surface area contributed by atoms with Crippen molar-refractivity contribution in [2.45, 2.75) is 19.4 Å². The normalized spacial score (nSPS) is 24.4. The van der Waals surface area contributed by atoms with Crippen LogP contribution in [-0.2, 0) is 0 Å². The monoisotopic (exact) mass is 190 g/mol. The Kier molecular flexibility index (Phi) is 2.57. The van der Waals surface area contributed by atoms with Gasteiger partial charge in [0.2, 0.25) is 0 Å². The highest BCUT2D eigenvalue weighted by molar-refractivity contribution is 5.24. The van der Waals surface area contributed by atoms with Gasteiger partial charge >= 0.3 is 0 Å². The molecule has 0 radical (unpaired) electrons. The van der Waals surface area contributed by atoms with Crippen LogP contribution in [0.5, 0.6) is 0 Å². The van der Waals surface area contributed by atoms with Crippen molar-refractivity contribution < 1.29 is 0 Å². The lowest BCUT2D eigenvalue weighted by Crippen LogP contribution is -2.30. The minimum atomic E-state index is 0.570. The van der Waals surface area contributed by atoms with Gasteiger partial charge in [-0.25, -0.2) is 10.0 Å². The topological polar surface area (TPSA) is 6.48 Å². The molecule has 2 nitrogen and oxygen atoms in total. The lowest BCUT2D eigenvalue weighted by Gasteiger charge is -2.25. The fourth-order valence-corrected chi connectivity index (χ4v) is 2.06. The van der Waals surface area contributed by atoms with Crippen molar-refractivity contribution in [3.05, 3.63) is 35.4 Å². The van der Waals surface area contributed by atoms with Gasteiger partial charge in [0.05, 0.1) is 6.04 Å². The highest BCUT2D eigenvalue weighted by Crippen LogP contribution is 2.29. The van der Waals surface area contributed by atoms with Gasteiger partial charge < -0.3 is 0 Å². The van der Waals surface area contributed by atoms with Crippen molar-refractivity contribution in [3.8, 4) is 0 Å². The average molecular weight is 190 g/mol. The van der Waals surface area contributed by atoms with Crippen molar-refractivity contribution in [2.75, 3.05) is 20.6 Å². The van der Waals surface area contributed by atoms with Gasteiger partial charge in [-0.2, -0.15) is 0 Å². The first-order valence-corrected chi connectivity index (χ1v) is 5.19. The van der Waals surface area contributed by atoms with E-state index in [9.17, 15) is 0 Å². The van der Waals surface area contributed by atoms with Crippen LogP contribution in [0, 0.1) is 6.92 Å². The van der Waals surface area contributed by atoms with Gasteiger partial charge in [0.1, 0.15) is 0 Å². The van der Waals surface area contributed by atoms with E-state index in [2.05, 4.69) is 55.3 Å². The van der Waals surface area contributed by atoms with E-state index in [-0.39, 0.29) is 0 Å². The molecule has 0 amide bonds. The molecule has 1 fully saturated rings. The number of hydrazine groups is 1. The molecule has 0 bridgehead atoms. The van der Waals surface area contributed by atoms with Crippen LogP contribution in [0.1, 0.15) is 23.6 Å². The lowest BCUT2D eigenvalue weighted by molar-refractivity contribution is 0.0529. The Morgan fingerprint density at radius 2 is 1.79 bits per heavy atom. The van der Waals surface area contributed by atoms with E-state index >= 15 is 0 Å². The van der Waals surface area contributed by atoms with Gasteiger partial charge in [-0.15, -0.1) is 0 Å². The van der Waals surface area contributed by atoms with Gasteiger partial charge in [0.25, 0.3) is 0 Å². The third kappa shape index (κ3) is 1.68. The maximum atomic E-state index is 2.32. The summed E-state index contributed by atoms with van der Waals surface area (Å²) in [6.45, 7) is 3.29. The predicted molar refractivity (Wildman–Crippen MR) is 58.9 cm³/mol. The first-order chi connectivity index (χ1) is 6.68. The second-order valence-electron chi connectivity index (χ2n) is 4.17. The van der Waals surface area contributed by atoms with Crippen LogP contribution in [0.25, 0.3) is 0 Å². The molecular weight excluding hydrogens is 172 g/mol. The molecule has 0 saturated carbocycles. The maximum absolute atomic E-state index is 2.32. The van der Waals surface area contributed by atoms with E-state index < -0.39 is 0 Å². The molecule has 1 saturated heterocycles. The Hall–Kier alpha value is -0.860. The molecule has 1 atom stereocenters. The third-order valence-electron chi connectivity index (χ3n) is 3.18. The van der Waals surface area contributed by atoms with Gasteiger partial charge in [0, 0.05) is 20.6 Å². The molecule has 1 unspecified atom stereocenters. The summed E-state index contributed by atoms with van der Waals surface area (Å²) in [4.78, 5) is 0. The Labute approximate surface area is 86.1 Å². The summed E-state index contributed by atoms with van der Waals surface area (Å²) in [6, 6.07) is 9.45. The minimum absolute atomic E-state index is 0.570. The molecular formula is C12H18N2. The molecule has 1 aliphatic heterocycles. The fourth-order valence-electron chi connectivity index (χ4n) is 2.06. The largest absolute Gasteiger partial charge is 0.244 e. The van der Waals surface area contributed by atoms with Crippen molar-refractivity contribution in [1.29, 1.82) is 0 Å². The standard InChI is InChI=1S/C12H18N2/c1-10-4-6-11(7-5-10)12-8-9-13(2)14(12)3/h4-7,12H,8-9H2,1-3H3. The van der Waals surface area contributed by atoms with Crippen LogP contribution < -0.4 is 0 Å². The molecule has 14 heavy (non-hydrogen) atoms. The van der Waals surface area contributed by atoms with Gasteiger partial charge in [-0.05, 0) is 18.9 Å².